The lowest BCUT2D eigenvalue weighted by atomic mass is 9.97. The zero-order chi connectivity index (χ0) is 24.3. The molecule has 1 aliphatic heterocycles. The first kappa shape index (κ1) is 23.7. The van der Waals surface area contributed by atoms with Crippen LogP contribution in [-0.2, 0) is 28.6 Å². The molecule has 33 heavy (non-hydrogen) atoms. The molecule has 3 aromatic rings. The van der Waals surface area contributed by atoms with Crippen LogP contribution >= 0.6 is 0 Å². The van der Waals surface area contributed by atoms with Crippen molar-refractivity contribution in [2.24, 2.45) is 5.92 Å². The Morgan fingerprint density at radius 2 is 1.91 bits per heavy atom. The van der Waals surface area contributed by atoms with Crippen molar-refractivity contribution < 1.29 is 18.6 Å². The van der Waals surface area contributed by atoms with E-state index in [0.29, 0.717) is 30.2 Å². The summed E-state index contributed by atoms with van der Waals surface area (Å²) in [4.78, 5) is 11.7. The van der Waals surface area contributed by atoms with Crippen LogP contribution in [0.25, 0.3) is 10.9 Å². The third kappa shape index (κ3) is 4.13. The Morgan fingerprint density at radius 3 is 2.45 bits per heavy atom. The maximum atomic E-state index is 12.3. The molecule has 4 rings (SSSR count). The minimum absolute atomic E-state index is 0.0159. The molecule has 2 N–H and O–H groups in total. The quantitative estimate of drug-likeness (QED) is 0.587. The van der Waals surface area contributed by atoms with Gasteiger partial charge in [0.05, 0.1) is 23.1 Å². The minimum atomic E-state index is -3.47. The van der Waals surface area contributed by atoms with Crippen molar-refractivity contribution in [2.45, 2.75) is 64.3 Å². The molecule has 1 atom stereocenters. The van der Waals surface area contributed by atoms with Gasteiger partial charge in [-0.25, -0.2) is 18.4 Å². The third-order valence-electron chi connectivity index (χ3n) is 6.40. The van der Waals surface area contributed by atoms with Gasteiger partial charge in [0.25, 0.3) is 0 Å². The Morgan fingerprint density at radius 1 is 1.21 bits per heavy atom. The number of benzene rings is 1. The molecule has 178 valence electrons. The van der Waals surface area contributed by atoms with E-state index in [1.165, 1.54) is 6.26 Å². The van der Waals surface area contributed by atoms with Crippen LogP contribution < -0.4 is 4.90 Å². The first-order chi connectivity index (χ1) is 15.3. The summed E-state index contributed by atoms with van der Waals surface area (Å²) in [6.07, 6.45) is 2.87. The molecule has 0 amide bonds. The number of nitrogens with zero attached hydrogens (tertiary/aromatic N) is 4. The van der Waals surface area contributed by atoms with Crippen LogP contribution in [0, 0.1) is 12.8 Å². The number of hydrogen-bond donors (Lipinski definition) is 2. The van der Waals surface area contributed by atoms with E-state index in [0.717, 1.165) is 22.3 Å². The Balaban J connectivity index is 1.85. The van der Waals surface area contributed by atoms with Gasteiger partial charge in [-0.05, 0) is 50.5 Å². The molecule has 2 aromatic heterocycles. The summed E-state index contributed by atoms with van der Waals surface area (Å²) < 4.78 is 26.8. The predicted octanol–water partition coefficient (Wildman–Crippen LogP) is 3.08. The van der Waals surface area contributed by atoms with Crippen molar-refractivity contribution in [1.29, 1.82) is 0 Å². The fourth-order valence-corrected chi connectivity index (χ4v) is 5.87. The molecule has 0 bridgehead atoms. The monoisotopic (exact) mass is 472 g/mol. The van der Waals surface area contributed by atoms with Gasteiger partial charge in [0, 0.05) is 53.4 Å². The molecule has 0 aliphatic carbocycles. The van der Waals surface area contributed by atoms with Crippen molar-refractivity contribution in [1.82, 2.24) is 14.5 Å². The van der Waals surface area contributed by atoms with Gasteiger partial charge in [0.2, 0.25) is 5.95 Å². The Bertz CT molecular complexity index is 1320. The van der Waals surface area contributed by atoms with Crippen LogP contribution in [0.15, 0.2) is 29.3 Å². The molecule has 3 heterocycles. The largest absolute Gasteiger partial charge is 0.392 e. The molecule has 1 aromatic carbocycles. The molecule has 9 heteroatoms. The standard InChI is InChI=1S/C24H32N4O4S/c1-14(2)22-20-10-16-9-17(13-29)21(33(6,31)32)11-19(16)27(20)7-8-28(22)23-25-12-18(15(3)26-23)24(4,5)30/h9-12,14,22,29-30H,7-8,13H2,1-6H3/t22-/m1/s1. The maximum absolute atomic E-state index is 12.3. The van der Waals surface area contributed by atoms with Gasteiger partial charge in [-0.15, -0.1) is 0 Å². The number of aryl methyl sites for hydroxylation is 1. The second kappa shape index (κ2) is 8.07. The van der Waals surface area contributed by atoms with E-state index >= 15 is 0 Å². The summed E-state index contributed by atoms with van der Waals surface area (Å²) >= 11 is 0. The number of aliphatic hydroxyl groups is 2. The molecule has 0 fully saturated rings. The molecule has 0 spiro atoms. The Hall–Kier alpha value is -2.49. The molecule has 1 aliphatic rings. The third-order valence-corrected chi connectivity index (χ3v) is 7.58. The summed E-state index contributed by atoms with van der Waals surface area (Å²) in [6.45, 7) is 10.6. The van der Waals surface area contributed by atoms with Gasteiger partial charge in [0.1, 0.15) is 0 Å². The molecule has 0 unspecified atom stereocenters. The maximum Gasteiger partial charge on any atom is 0.226 e. The van der Waals surface area contributed by atoms with Gasteiger partial charge in [-0.2, -0.15) is 0 Å². The second-order valence-electron chi connectivity index (χ2n) is 9.78. The predicted molar refractivity (Wildman–Crippen MR) is 128 cm³/mol. The molecular formula is C24H32N4O4S. The van der Waals surface area contributed by atoms with Gasteiger partial charge < -0.3 is 19.7 Å². The summed E-state index contributed by atoms with van der Waals surface area (Å²) in [5.74, 6) is 0.849. The summed E-state index contributed by atoms with van der Waals surface area (Å²) in [5.41, 5.74) is 2.74. The van der Waals surface area contributed by atoms with Gasteiger partial charge in [0.15, 0.2) is 9.84 Å². The summed E-state index contributed by atoms with van der Waals surface area (Å²) in [7, 11) is -3.47. The number of sulfone groups is 1. The van der Waals surface area contributed by atoms with E-state index in [2.05, 4.69) is 34.4 Å². The van der Waals surface area contributed by atoms with Gasteiger partial charge >= 0.3 is 0 Å². The molecule has 8 nitrogen and oxygen atoms in total. The van der Waals surface area contributed by atoms with Gasteiger partial charge in [-0.3, -0.25) is 0 Å². The molecule has 0 saturated carbocycles. The van der Waals surface area contributed by atoms with Crippen molar-refractivity contribution in [2.75, 3.05) is 17.7 Å². The van der Waals surface area contributed by atoms with Crippen LogP contribution in [0.4, 0.5) is 5.95 Å². The lowest BCUT2D eigenvalue weighted by molar-refractivity contribution is 0.0770. The highest BCUT2D eigenvalue weighted by Gasteiger charge is 2.34. The Kier molecular flexibility index (Phi) is 5.79. The number of aliphatic hydroxyl groups excluding tert-OH is 1. The molecular weight excluding hydrogens is 440 g/mol. The average molecular weight is 473 g/mol. The minimum Gasteiger partial charge on any atom is -0.392 e. The average Bonchev–Trinajstić information content (AvgIpc) is 3.07. The van der Waals surface area contributed by atoms with Crippen molar-refractivity contribution in [3.8, 4) is 0 Å². The zero-order valence-electron chi connectivity index (χ0n) is 20.0. The topological polar surface area (TPSA) is 109 Å². The fraction of sp³-hybridized carbons (Fsp3) is 0.500. The Labute approximate surface area is 194 Å². The van der Waals surface area contributed by atoms with E-state index in [4.69, 9.17) is 4.98 Å². The van der Waals surface area contributed by atoms with E-state index in [9.17, 15) is 18.6 Å². The lowest BCUT2D eigenvalue weighted by Gasteiger charge is -2.39. The van der Waals surface area contributed by atoms with Crippen LogP contribution in [-0.4, -0.2) is 46.0 Å². The highest BCUT2D eigenvalue weighted by Crippen LogP contribution is 2.39. The number of hydrogen-bond acceptors (Lipinski definition) is 7. The highest BCUT2D eigenvalue weighted by atomic mass is 32.2. The van der Waals surface area contributed by atoms with Crippen molar-refractivity contribution in [3.63, 3.8) is 0 Å². The number of rotatable bonds is 5. The van der Waals surface area contributed by atoms with E-state index in [-0.39, 0.29) is 23.5 Å². The SMILES string of the molecule is Cc1nc(N2CCn3c(cc4cc(CO)c(S(C)(=O)=O)cc43)[C@H]2C(C)C)ncc1C(C)(C)O. The lowest BCUT2D eigenvalue weighted by Crippen LogP contribution is -2.41. The van der Waals surface area contributed by atoms with Gasteiger partial charge in [-0.1, -0.05) is 13.8 Å². The first-order valence-corrected chi connectivity index (χ1v) is 13.0. The summed E-state index contributed by atoms with van der Waals surface area (Å²) in [5, 5.41) is 21.1. The molecule has 0 radical (unpaired) electrons. The van der Waals surface area contributed by atoms with Crippen LogP contribution in [0.3, 0.4) is 0 Å². The van der Waals surface area contributed by atoms with Crippen LogP contribution in [0.5, 0.6) is 0 Å². The molecule has 0 saturated heterocycles. The van der Waals surface area contributed by atoms with Crippen LogP contribution in [0.2, 0.25) is 0 Å². The van der Waals surface area contributed by atoms with E-state index in [1.54, 1.807) is 32.2 Å². The normalized spacial score (nSPS) is 17.1. The highest BCUT2D eigenvalue weighted by molar-refractivity contribution is 7.90. The number of anilines is 1. The smallest absolute Gasteiger partial charge is 0.226 e. The van der Waals surface area contributed by atoms with Crippen molar-refractivity contribution >= 4 is 26.7 Å². The number of fused-ring (bicyclic) bond motifs is 3. The second-order valence-corrected chi connectivity index (χ2v) is 11.8. The van der Waals surface area contributed by atoms with E-state index < -0.39 is 15.4 Å². The van der Waals surface area contributed by atoms with Crippen LogP contribution in [0.1, 0.15) is 56.3 Å². The number of aromatic nitrogens is 3. The fourth-order valence-electron chi connectivity index (χ4n) is 4.95. The zero-order valence-corrected chi connectivity index (χ0v) is 20.8. The van der Waals surface area contributed by atoms with Crippen molar-refractivity contribution in [3.05, 3.63) is 46.9 Å². The summed E-state index contributed by atoms with van der Waals surface area (Å²) in [6, 6.07) is 5.52. The first-order valence-electron chi connectivity index (χ1n) is 11.1. The van der Waals surface area contributed by atoms with E-state index in [1.807, 2.05) is 6.92 Å².